The van der Waals surface area contributed by atoms with Crippen LogP contribution < -0.4 is 10.2 Å². The fraction of sp³-hybridized carbons (Fsp3) is 0.481. The van der Waals surface area contributed by atoms with Gasteiger partial charge in [-0.3, -0.25) is 9.69 Å². The van der Waals surface area contributed by atoms with E-state index in [0.29, 0.717) is 18.2 Å². The molecule has 2 aromatic carbocycles. The van der Waals surface area contributed by atoms with Crippen LogP contribution in [0.4, 0.5) is 10.1 Å². The van der Waals surface area contributed by atoms with Crippen LogP contribution in [0.25, 0.3) is 0 Å². The van der Waals surface area contributed by atoms with Crippen molar-refractivity contribution in [3.8, 4) is 6.07 Å². The summed E-state index contributed by atoms with van der Waals surface area (Å²) >= 11 is 0. The third kappa shape index (κ3) is 6.19. The lowest BCUT2D eigenvalue weighted by Gasteiger charge is -2.34. The van der Waals surface area contributed by atoms with E-state index < -0.39 is 5.82 Å². The maximum Gasteiger partial charge on any atom is 0.230 e. The Hall–Kier alpha value is -2.75. The minimum absolute atomic E-state index is 0.0458. The molecule has 2 aliphatic heterocycles. The number of likely N-dealkylation sites (tertiary alicyclic amines) is 1. The lowest BCUT2D eigenvalue weighted by atomic mass is 9.91. The summed E-state index contributed by atoms with van der Waals surface area (Å²) in [6, 6.07) is 16.8. The van der Waals surface area contributed by atoms with Gasteiger partial charge < -0.3 is 10.2 Å². The quantitative estimate of drug-likeness (QED) is 0.685. The molecule has 0 bridgehead atoms. The molecule has 0 radical (unpaired) electrons. The van der Waals surface area contributed by atoms with Gasteiger partial charge in [-0.2, -0.15) is 5.26 Å². The topological polar surface area (TPSA) is 59.4 Å². The molecule has 2 fully saturated rings. The van der Waals surface area contributed by atoms with E-state index in [0.717, 1.165) is 64.8 Å². The molecule has 174 valence electrons. The molecule has 0 aromatic heterocycles. The number of carbonyl (C=O) groups excluding carboxylic acids is 1. The van der Waals surface area contributed by atoms with Crippen LogP contribution in [0.2, 0.25) is 0 Å². The van der Waals surface area contributed by atoms with E-state index in [1.54, 1.807) is 11.0 Å². The van der Waals surface area contributed by atoms with Gasteiger partial charge in [-0.25, -0.2) is 4.39 Å². The maximum atomic E-state index is 13.8. The Morgan fingerprint density at radius 3 is 2.52 bits per heavy atom. The number of piperidine rings is 2. The highest BCUT2D eigenvalue weighted by atomic mass is 19.1. The molecule has 0 atom stereocenters. The van der Waals surface area contributed by atoms with E-state index in [9.17, 15) is 14.4 Å². The number of anilines is 1. The molecule has 4 rings (SSSR count). The Morgan fingerprint density at radius 1 is 1.09 bits per heavy atom. The van der Waals surface area contributed by atoms with Crippen LogP contribution in [0.3, 0.4) is 0 Å². The Bertz CT molecular complexity index is 960. The van der Waals surface area contributed by atoms with Crippen LogP contribution in [0.15, 0.2) is 48.5 Å². The van der Waals surface area contributed by atoms with E-state index in [1.807, 2.05) is 6.07 Å². The molecule has 2 aliphatic rings. The van der Waals surface area contributed by atoms with Gasteiger partial charge in [0.15, 0.2) is 0 Å². The first kappa shape index (κ1) is 23.4. The third-order valence-electron chi connectivity index (χ3n) is 7.04. The molecule has 0 unspecified atom stereocenters. The van der Waals surface area contributed by atoms with E-state index >= 15 is 0 Å². The molecular formula is C27H33FN4O. The summed E-state index contributed by atoms with van der Waals surface area (Å²) in [5, 5.41) is 12.9. The number of carbonyl (C=O) groups is 1. The van der Waals surface area contributed by atoms with Crippen LogP contribution in [-0.2, 0) is 11.3 Å². The molecule has 0 aliphatic carbocycles. The van der Waals surface area contributed by atoms with Gasteiger partial charge in [-0.1, -0.05) is 30.3 Å². The highest BCUT2D eigenvalue weighted by Crippen LogP contribution is 2.28. The number of nitrogens with zero attached hydrogens (tertiary/aromatic N) is 3. The normalized spacial score (nSPS) is 18.1. The monoisotopic (exact) mass is 448 g/mol. The fourth-order valence-corrected chi connectivity index (χ4v) is 5.06. The molecular weight excluding hydrogens is 415 g/mol. The van der Waals surface area contributed by atoms with Crippen molar-refractivity contribution in [1.29, 1.82) is 5.26 Å². The van der Waals surface area contributed by atoms with Crippen molar-refractivity contribution in [3.05, 3.63) is 65.5 Å². The minimum Gasteiger partial charge on any atom is -0.317 e. The molecule has 2 heterocycles. The average Bonchev–Trinajstić information content (AvgIpc) is 2.86. The summed E-state index contributed by atoms with van der Waals surface area (Å²) in [7, 11) is 0. The van der Waals surface area contributed by atoms with Crippen LogP contribution in [0, 0.1) is 29.0 Å². The number of hydrogen-bond donors (Lipinski definition) is 1. The summed E-state index contributed by atoms with van der Waals surface area (Å²) in [5.41, 5.74) is 2.12. The first-order valence-corrected chi connectivity index (χ1v) is 12.1. The van der Waals surface area contributed by atoms with Gasteiger partial charge in [-0.05, 0) is 88.0 Å². The number of nitriles is 1. The minimum atomic E-state index is -0.449. The Labute approximate surface area is 196 Å². The number of benzene rings is 2. The average molecular weight is 449 g/mol. The number of amides is 1. The predicted molar refractivity (Wildman–Crippen MR) is 128 cm³/mol. The molecule has 1 N–H and O–H groups in total. The molecule has 2 aromatic rings. The van der Waals surface area contributed by atoms with E-state index in [1.165, 1.54) is 17.7 Å². The zero-order chi connectivity index (χ0) is 23.0. The largest absolute Gasteiger partial charge is 0.317 e. The second-order valence-electron chi connectivity index (χ2n) is 9.28. The molecule has 5 nitrogen and oxygen atoms in total. The fourth-order valence-electron chi connectivity index (χ4n) is 5.06. The highest BCUT2D eigenvalue weighted by Gasteiger charge is 2.29. The van der Waals surface area contributed by atoms with Crippen molar-refractivity contribution in [2.24, 2.45) is 11.8 Å². The number of halogens is 1. The van der Waals surface area contributed by atoms with Gasteiger partial charge in [0.25, 0.3) is 0 Å². The first-order valence-electron chi connectivity index (χ1n) is 12.1. The lowest BCUT2D eigenvalue weighted by molar-refractivity contribution is -0.123. The van der Waals surface area contributed by atoms with Crippen molar-refractivity contribution in [3.63, 3.8) is 0 Å². The third-order valence-corrected chi connectivity index (χ3v) is 7.04. The SMILES string of the molecule is N#Cc1cc(F)ccc1N(CCC1CCN(Cc2ccccc2)CC1)C(=O)C1CCNCC1. The summed E-state index contributed by atoms with van der Waals surface area (Å²) in [5.74, 6) is 0.123. The van der Waals surface area contributed by atoms with E-state index in [-0.39, 0.29) is 17.4 Å². The Kier molecular flexibility index (Phi) is 8.09. The number of rotatable bonds is 7. The smallest absolute Gasteiger partial charge is 0.230 e. The van der Waals surface area contributed by atoms with Crippen LogP contribution in [0.1, 0.15) is 43.2 Å². The summed E-state index contributed by atoms with van der Waals surface area (Å²) < 4.78 is 13.8. The molecule has 0 saturated carbocycles. The van der Waals surface area contributed by atoms with Gasteiger partial charge in [0.05, 0.1) is 11.3 Å². The molecule has 2 saturated heterocycles. The first-order chi connectivity index (χ1) is 16.1. The van der Waals surface area contributed by atoms with Crippen LogP contribution in [-0.4, -0.2) is 43.5 Å². The number of hydrogen-bond acceptors (Lipinski definition) is 4. The number of nitrogens with one attached hydrogen (secondary N) is 1. The van der Waals surface area contributed by atoms with Gasteiger partial charge in [0.1, 0.15) is 11.9 Å². The van der Waals surface area contributed by atoms with Crippen molar-refractivity contribution in [2.75, 3.05) is 37.6 Å². The van der Waals surface area contributed by atoms with E-state index in [2.05, 4.69) is 40.6 Å². The van der Waals surface area contributed by atoms with Gasteiger partial charge >= 0.3 is 0 Å². The molecule has 6 heteroatoms. The summed E-state index contributed by atoms with van der Waals surface area (Å²) in [6.45, 7) is 5.34. The Morgan fingerprint density at radius 2 is 1.82 bits per heavy atom. The molecule has 1 amide bonds. The van der Waals surface area contributed by atoms with Crippen molar-refractivity contribution in [2.45, 2.75) is 38.6 Å². The van der Waals surface area contributed by atoms with Gasteiger partial charge in [0, 0.05) is 19.0 Å². The maximum absolute atomic E-state index is 13.8. The standard InChI is InChI=1S/C27H33FN4O/c28-25-6-7-26(24(18-25)19-29)32(27(33)23-8-13-30-14-9-23)17-12-21-10-15-31(16-11-21)20-22-4-2-1-3-5-22/h1-7,18,21,23,30H,8-17,20H2. The summed E-state index contributed by atoms with van der Waals surface area (Å²) in [6.07, 6.45) is 4.72. The van der Waals surface area contributed by atoms with Crippen molar-refractivity contribution < 1.29 is 9.18 Å². The highest BCUT2D eigenvalue weighted by molar-refractivity contribution is 5.96. The van der Waals surface area contributed by atoms with Crippen molar-refractivity contribution >= 4 is 11.6 Å². The van der Waals surface area contributed by atoms with E-state index in [4.69, 9.17) is 0 Å². The predicted octanol–water partition coefficient (Wildman–Crippen LogP) is 4.33. The van der Waals surface area contributed by atoms with Crippen LogP contribution in [0.5, 0.6) is 0 Å². The Balaban J connectivity index is 1.40. The van der Waals surface area contributed by atoms with Crippen molar-refractivity contribution in [1.82, 2.24) is 10.2 Å². The zero-order valence-corrected chi connectivity index (χ0v) is 19.2. The second kappa shape index (κ2) is 11.4. The van der Waals surface area contributed by atoms with Crippen LogP contribution >= 0.6 is 0 Å². The lowest BCUT2D eigenvalue weighted by Crippen LogP contribution is -2.43. The molecule has 33 heavy (non-hydrogen) atoms. The second-order valence-corrected chi connectivity index (χ2v) is 9.28. The van der Waals surface area contributed by atoms with Gasteiger partial charge in [0.2, 0.25) is 5.91 Å². The zero-order valence-electron chi connectivity index (χ0n) is 19.2. The molecule has 0 spiro atoms. The van der Waals surface area contributed by atoms with Gasteiger partial charge in [-0.15, -0.1) is 0 Å². The summed E-state index contributed by atoms with van der Waals surface area (Å²) in [4.78, 5) is 17.7.